The zero-order valence-electron chi connectivity index (χ0n) is 13.8. The van der Waals surface area contributed by atoms with Gasteiger partial charge in [-0.05, 0) is 12.1 Å². The van der Waals surface area contributed by atoms with Crippen molar-refractivity contribution in [1.29, 1.82) is 0 Å². The van der Waals surface area contributed by atoms with Crippen molar-refractivity contribution in [3.63, 3.8) is 0 Å². The number of alkyl halides is 3. The molecule has 3 rings (SSSR count). The van der Waals surface area contributed by atoms with Gasteiger partial charge in [0, 0.05) is 11.8 Å². The quantitative estimate of drug-likeness (QED) is 0.762. The topological polar surface area (TPSA) is 76.9 Å². The fourth-order valence-electron chi connectivity index (χ4n) is 2.36. The third-order valence-corrected chi connectivity index (χ3v) is 3.61. The summed E-state index contributed by atoms with van der Waals surface area (Å²) in [5.74, 6) is -0.213. The van der Waals surface area contributed by atoms with E-state index in [0.717, 1.165) is 17.8 Å². The van der Waals surface area contributed by atoms with E-state index < -0.39 is 29.8 Å². The molecule has 9 heteroatoms. The minimum atomic E-state index is -4.78. The number of hydrogen-bond donors (Lipinski definition) is 1. The van der Waals surface area contributed by atoms with E-state index in [1.165, 1.54) is 12.4 Å². The van der Waals surface area contributed by atoms with E-state index >= 15 is 0 Å². The highest BCUT2D eigenvalue weighted by Crippen LogP contribution is 2.26. The molecule has 2 heterocycles. The molecule has 6 nitrogen and oxygen atoms in total. The van der Waals surface area contributed by atoms with Gasteiger partial charge in [-0.3, -0.25) is 9.59 Å². The first-order valence-corrected chi connectivity index (χ1v) is 7.78. The molecule has 27 heavy (non-hydrogen) atoms. The Bertz CT molecular complexity index is 1000. The Balaban J connectivity index is 1.71. The van der Waals surface area contributed by atoms with Crippen LogP contribution in [0.15, 0.2) is 65.8 Å². The monoisotopic (exact) mass is 374 g/mol. The van der Waals surface area contributed by atoms with Crippen LogP contribution in [0.4, 0.5) is 18.9 Å². The van der Waals surface area contributed by atoms with Gasteiger partial charge < -0.3 is 9.88 Å². The number of carbonyl (C=O) groups is 1. The van der Waals surface area contributed by atoms with Gasteiger partial charge >= 0.3 is 6.18 Å². The number of carbonyl (C=O) groups excluding carboxylic acids is 1. The molecule has 0 saturated heterocycles. The number of pyridine rings is 1. The smallest absolute Gasteiger partial charge is 0.322 e. The summed E-state index contributed by atoms with van der Waals surface area (Å²) in [7, 11) is 0. The van der Waals surface area contributed by atoms with Crippen molar-refractivity contribution in [1.82, 2.24) is 14.5 Å². The lowest BCUT2D eigenvalue weighted by Gasteiger charge is -2.10. The number of hydrogen-bond acceptors (Lipinski definition) is 4. The van der Waals surface area contributed by atoms with Gasteiger partial charge in [0.05, 0.1) is 18.1 Å². The van der Waals surface area contributed by atoms with Crippen molar-refractivity contribution in [2.45, 2.75) is 12.7 Å². The van der Waals surface area contributed by atoms with E-state index in [4.69, 9.17) is 0 Å². The predicted octanol–water partition coefficient (Wildman–Crippen LogP) is 2.96. The van der Waals surface area contributed by atoms with Gasteiger partial charge in [0.2, 0.25) is 5.91 Å². The molecule has 0 bridgehead atoms. The van der Waals surface area contributed by atoms with Crippen molar-refractivity contribution in [2.24, 2.45) is 0 Å². The van der Waals surface area contributed by atoms with Crippen LogP contribution >= 0.6 is 0 Å². The Morgan fingerprint density at radius 1 is 1.04 bits per heavy atom. The van der Waals surface area contributed by atoms with Crippen molar-refractivity contribution in [2.75, 3.05) is 5.32 Å². The number of nitrogens with zero attached hydrogens (tertiary/aromatic N) is 3. The second-order valence-electron chi connectivity index (χ2n) is 5.56. The van der Waals surface area contributed by atoms with E-state index in [2.05, 4.69) is 15.3 Å². The maximum absolute atomic E-state index is 12.8. The number of rotatable bonds is 4. The number of nitrogens with one attached hydrogen (secondary N) is 1. The molecule has 0 aliphatic carbocycles. The van der Waals surface area contributed by atoms with Crippen LogP contribution in [0.1, 0.15) is 5.56 Å². The summed E-state index contributed by atoms with van der Waals surface area (Å²) in [5.41, 5.74) is -1.55. The summed E-state index contributed by atoms with van der Waals surface area (Å²) in [6.07, 6.45) is -0.909. The molecule has 1 amide bonds. The van der Waals surface area contributed by atoms with E-state index in [0.29, 0.717) is 16.5 Å². The third-order valence-electron chi connectivity index (χ3n) is 3.61. The molecular weight excluding hydrogens is 361 g/mol. The van der Waals surface area contributed by atoms with Crippen LogP contribution in [0.3, 0.4) is 0 Å². The van der Waals surface area contributed by atoms with E-state index in [-0.39, 0.29) is 5.69 Å². The molecule has 0 radical (unpaired) electrons. The highest BCUT2D eigenvalue weighted by Gasteiger charge is 2.34. The van der Waals surface area contributed by atoms with Crippen LogP contribution in [0.2, 0.25) is 0 Å². The molecule has 138 valence electrons. The minimum absolute atomic E-state index is 0.264. The van der Waals surface area contributed by atoms with Crippen molar-refractivity contribution >= 4 is 11.6 Å². The van der Waals surface area contributed by atoms with Gasteiger partial charge in [0.1, 0.15) is 12.1 Å². The van der Waals surface area contributed by atoms with E-state index in [1.807, 2.05) is 30.3 Å². The molecule has 0 fully saturated rings. The molecule has 1 N–H and O–H groups in total. The van der Waals surface area contributed by atoms with Crippen LogP contribution in [-0.2, 0) is 17.5 Å². The van der Waals surface area contributed by atoms with Crippen LogP contribution < -0.4 is 10.9 Å². The standard InChI is InChI=1S/C18H13F3N4O2/c19-18(20,21)14-7-4-8-25(17(14)27)11-15(26)24-13-9-22-16(23-10-13)12-5-2-1-3-6-12/h1-10H,11H2,(H,24,26). The Morgan fingerprint density at radius 3 is 2.33 bits per heavy atom. The largest absolute Gasteiger partial charge is 0.421 e. The van der Waals surface area contributed by atoms with Crippen LogP contribution in [0.25, 0.3) is 11.4 Å². The molecule has 3 aromatic rings. The number of anilines is 1. The SMILES string of the molecule is O=C(Cn1cccc(C(F)(F)F)c1=O)Nc1cnc(-c2ccccc2)nc1. The number of aromatic nitrogens is 3. The first-order valence-electron chi connectivity index (χ1n) is 7.78. The Morgan fingerprint density at radius 2 is 1.70 bits per heavy atom. The summed E-state index contributed by atoms with van der Waals surface area (Å²) in [6.45, 7) is -0.566. The zero-order valence-corrected chi connectivity index (χ0v) is 13.8. The van der Waals surface area contributed by atoms with Gasteiger partial charge in [0.25, 0.3) is 5.56 Å². The molecule has 1 aromatic carbocycles. The van der Waals surface area contributed by atoms with E-state index in [1.54, 1.807) is 0 Å². The molecule has 0 spiro atoms. The first-order chi connectivity index (χ1) is 12.8. The molecule has 0 aliphatic heterocycles. The van der Waals surface area contributed by atoms with Crippen molar-refractivity contribution in [3.8, 4) is 11.4 Å². The van der Waals surface area contributed by atoms with Crippen LogP contribution in [0, 0.1) is 0 Å². The average molecular weight is 374 g/mol. The predicted molar refractivity (Wildman–Crippen MR) is 91.8 cm³/mol. The van der Waals surface area contributed by atoms with Gasteiger partial charge in [-0.25, -0.2) is 9.97 Å². The molecule has 2 aromatic heterocycles. The van der Waals surface area contributed by atoms with Crippen LogP contribution in [0.5, 0.6) is 0 Å². The van der Waals surface area contributed by atoms with E-state index in [9.17, 15) is 22.8 Å². The van der Waals surface area contributed by atoms with Gasteiger partial charge in [-0.1, -0.05) is 30.3 Å². The summed E-state index contributed by atoms with van der Waals surface area (Å²) in [4.78, 5) is 32.1. The summed E-state index contributed by atoms with van der Waals surface area (Å²) in [5, 5.41) is 2.45. The highest BCUT2D eigenvalue weighted by atomic mass is 19.4. The molecular formula is C18H13F3N4O2. The van der Waals surface area contributed by atoms with Crippen molar-refractivity contribution in [3.05, 3.63) is 77.0 Å². The maximum atomic E-state index is 12.8. The fourth-order valence-corrected chi connectivity index (χ4v) is 2.36. The first kappa shape index (κ1) is 18.3. The normalized spacial score (nSPS) is 11.2. The lowest BCUT2D eigenvalue weighted by atomic mass is 10.2. The Labute approximate surface area is 151 Å². The molecule has 0 atom stereocenters. The Hall–Kier alpha value is -3.49. The molecule has 0 saturated carbocycles. The summed E-state index contributed by atoms with van der Waals surface area (Å²) in [6, 6.07) is 10.9. The van der Waals surface area contributed by atoms with Crippen LogP contribution in [-0.4, -0.2) is 20.4 Å². The lowest BCUT2D eigenvalue weighted by Crippen LogP contribution is -2.32. The minimum Gasteiger partial charge on any atom is -0.322 e. The number of halogens is 3. The maximum Gasteiger partial charge on any atom is 0.421 e. The number of amides is 1. The fraction of sp³-hybridized carbons (Fsp3) is 0.111. The molecule has 0 unspecified atom stereocenters. The van der Waals surface area contributed by atoms with Gasteiger partial charge in [0.15, 0.2) is 5.82 Å². The van der Waals surface area contributed by atoms with Gasteiger partial charge in [-0.2, -0.15) is 13.2 Å². The van der Waals surface area contributed by atoms with Gasteiger partial charge in [-0.15, -0.1) is 0 Å². The summed E-state index contributed by atoms with van der Waals surface area (Å²) >= 11 is 0. The molecule has 0 aliphatic rings. The highest BCUT2D eigenvalue weighted by molar-refractivity contribution is 5.90. The second-order valence-corrected chi connectivity index (χ2v) is 5.56. The van der Waals surface area contributed by atoms with Crippen molar-refractivity contribution < 1.29 is 18.0 Å². The Kier molecular flexibility index (Phi) is 5.02. The zero-order chi connectivity index (χ0) is 19.4. The average Bonchev–Trinajstić information content (AvgIpc) is 2.64. The summed E-state index contributed by atoms with van der Waals surface area (Å²) < 4.78 is 39.0. The second kappa shape index (κ2) is 7.40. The number of benzene rings is 1. The third kappa shape index (κ3) is 4.38. The lowest BCUT2D eigenvalue weighted by molar-refractivity contribution is -0.139.